The van der Waals surface area contributed by atoms with Gasteiger partial charge in [-0.1, -0.05) is 48.5 Å². The largest absolute Gasteiger partial charge is 0.353 e. The molecule has 6 nitrogen and oxygen atoms in total. The fourth-order valence-corrected chi connectivity index (χ4v) is 4.43. The number of nitrogens with one attached hydrogen (secondary N) is 1. The normalized spacial score (nSPS) is 19.5. The van der Waals surface area contributed by atoms with E-state index in [1.165, 1.54) is 0 Å². The molecule has 2 saturated heterocycles. The van der Waals surface area contributed by atoms with Crippen molar-refractivity contribution in [3.63, 3.8) is 0 Å². The van der Waals surface area contributed by atoms with E-state index in [9.17, 15) is 14.4 Å². The average Bonchev–Trinajstić information content (AvgIpc) is 3.15. The van der Waals surface area contributed by atoms with Crippen LogP contribution in [0.15, 0.2) is 54.6 Å². The second kappa shape index (κ2) is 9.33. The summed E-state index contributed by atoms with van der Waals surface area (Å²) < 4.78 is 0. The number of benzene rings is 2. The van der Waals surface area contributed by atoms with E-state index in [4.69, 9.17) is 0 Å². The van der Waals surface area contributed by atoms with Crippen molar-refractivity contribution in [2.45, 2.75) is 38.8 Å². The average molecular weight is 420 g/mol. The topological polar surface area (TPSA) is 69.7 Å². The van der Waals surface area contributed by atoms with E-state index in [-0.39, 0.29) is 36.1 Å². The minimum Gasteiger partial charge on any atom is -0.353 e. The van der Waals surface area contributed by atoms with Crippen LogP contribution in [0.3, 0.4) is 0 Å². The van der Waals surface area contributed by atoms with Crippen LogP contribution in [0.1, 0.15) is 40.7 Å². The first-order valence-electron chi connectivity index (χ1n) is 11.0. The Kier molecular flexibility index (Phi) is 6.35. The molecule has 1 atom stereocenters. The first-order valence-corrected chi connectivity index (χ1v) is 11.0. The number of carbonyl (C=O) groups excluding carboxylic acids is 3. The molecule has 2 aliphatic rings. The Morgan fingerprint density at radius 2 is 1.68 bits per heavy atom. The van der Waals surface area contributed by atoms with E-state index in [0.717, 1.165) is 29.5 Å². The molecule has 2 fully saturated rings. The van der Waals surface area contributed by atoms with E-state index in [1.807, 2.05) is 66.4 Å². The molecule has 0 radical (unpaired) electrons. The predicted molar refractivity (Wildman–Crippen MR) is 118 cm³/mol. The first kappa shape index (κ1) is 21.1. The summed E-state index contributed by atoms with van der Waals surface area (Å²) in [6.07, 6.45) is 1.73. The zero-order valence-electron chi connectivity index (χ0n) is 17.9. The van der Waals surface area contributed by atoms with Gasteiger partial charge in [-0.15, -0.1) is 0 Å². The molecule has 162 valence electrons. The highest BCUT2D eigenvalue weighted by Crippen LogP contribution is 2.22. The van der Waals surface area contributed by atoms with Gasteiger partial charge < -0.3 is 15.1 Å². The number of hydrogen-bond donors (Lipinski definition) is 1. The molecule has 3 amide bonds. The van der Waals surface area contributed by atoms with Crippen molar-refractivity contribution < 1.29 is 14.4 Å². The van der Waals surface area contributed by atoms with E-state index in [2.05, 4.69) is 5.32 Å². The highest BCUT2D eigenvalue weighted by molar-refractivity contribution is 5.95. The Balaban J connectivity index is 1.26. The number of aryl methyl sites for hydroxylation is 1. The Morgan fingerprint density at radius 1 is 1.00 bits per heavy atom. The monoisotopic (exact) mass is 419 g/mol. The van der Waals surface area contributed by atoms with Gasteiger partial charge in [-0.05, 0) is 37.0 Å². The summed E-state index contributed by atoms with van der Waals surface area (Å²) in [5, 5.41) is 3.12. The third-order valence-corrected chi connectivity index (χ3v) is 6.31. The minimum atomic E-state index is -0.303. The zero-order valence-corrected chi connectivity index (χ0v) is 17.9. The molecule has 0 aliphatic carbocycles. The number of piperidine rings is 1. The zero-order chi connectivity index (χ0) is 21.8. The van der Waals surface area contributed by atoms with Crippen LogP contribution < -0.4 is 5.32 Å². The molecule has 31 heavy (non-hydrogen) atoms. The minimum absolute atomic E-state index is 0.0302. The van der Waals surface area contributed by atoms with Crippen LogP contribution in [0.4, 0.5) is 0 Å². The van der Waals surface area contributed by atoms with Crippen LogP contribution in [0.5, 0.6) is 0 Å². The van der Waals surface area contributed by atoms with E-state index < -0.39 is 0 Å². The summed E-state index contributed by atoms with van der Waals surface area (Å²) in [5.41, 5.74) is 2.80. The number of carbonyl (C=O) groups is 3. The lowest BCUT2D eigenvalue weighted by Gasteiger charge is -2.33. The third kappa shape index (κ3) is 4.95. The summed E-state index contributed by atoms with van der Waals surface area (Å²) in [5.74, 6) is -0.265. The van der Waals surface area contributed by atoms with Gasteiger partial charge in [-0.3, -0.25) is 14.4 Å². The Labute approximate surface area is 183 Å². The van der Waals surface area contributed by atoms with Crippen LogP contribution in [0, 0.1) is 12.8 Å². The van der Waals surface area contributed by atoms with E-state index >= 15 is 0 Å². The van der Waals surface area contributed by atoms with Gasteiger partial charge in [-0.25, -0.2) is 0 Å². The molecule has 1 unspecified atom stereocenters. The Hall–Kier alpha value is -3.15. The molecule has 2 aliphatic heterocycles. The maximum Gasteiger partial charge on any atom is 0.254 e. The van der Waals surface area contributed by atoms with Gasteiger partial charge in [0, 0.05) is 44.2 Å². The first-order chi connectivity index (χ1) is 15.0. The molecule has 2 aromatic carbocycles. The van der Waals surface area contributed by atoms with Crippen molar-refractivity contribution in [3.8, 4) is 0 Å². The molecular formula is C25H29N3O3. The lowest BCUT2D eigenvalue weighted by atomic mass is 10.0. The molecule has 4 rings (SSSR count). The highest BCUT2D eigenvalue weighted by Gasteiger charge is 2.35. The summed E-state index contributed by atoms with van der Waals surface area (Å²) in [7, 11) is 0. The van der Waals surface area contributed by atoms with Crippen molar-refractivity contribution >= 4 is 17.7 Å². The molecule has 0 saturated carbocycles. The Bertz CT molecular complexity index is 951. The molecule has 0 aromatic heterocycles. The van der Waals surface area contributed by atoms with Crippen LogP contribution in [0.25, 0.3) is 0 Å². The fraction of sp³-hybridized carbons (Fsp3) is 0.400. The van der Waals surface area contributed by atoms with E-state index in [0.29, 0.717) is 26.2 Å². The van der Waals surface area contributed by atoms with Gasteiger partial charge in [0.15, 0.2) is 0 Å². The number of hydrogen-bond acceptors (Lipinski definition) is 3. The second-order valence-electron chi connectivity index (χ2n) is 8.55. The Morgan fingerprint density at radius 3 is 2.39 bits per heavy atom. The van der Waals surface area contributed by atoms with Crippen molar-refractivity contribution in [2.75, 3.05) is 19.6 Å². The molecule has 2 heterocycles. The van der Waals surface area contributed by atoms with Gasteiger partial charge >= 0.3 is 0 Å². The van der Waals surface area contributed by atoms with Crippen LogP contribution in [0.2, 0.25) is 0 Å². The van der Waals surface area contributed by atoms with Crippen molar-refractivity contribution in [1.82, 2.24) is 15.1 Å². The number of likely N-dealkylation sites (tertiary alicyclic amines) is 2. The quantitative estimate of drug-likeness (QED) is 0.810. The SMILES string of the molecule is Cc1ccccc1C(=O)N1CCC(NC(=O)C2CC(=O)N(Cc3ccccc3)C2)CC1. The van der Waals surface area contributed by atoms with Crippen LogP contribution in [-0.2, 0) is 16.1 Å². The highest BCUT2D eigenvalue weighted by atomic mass is 16.2. The van der Waals surface area contributed by atoms with Gasteiger partial charge in [0.1, 0.15) is 0 Å². The maximum atomic E-state index is 12.8. The summed E-state index contributed by atoms with van der Waals surface area (Å²) in [6, 6.07) is 17.5. The number of rotatable bonds is 5. The van der Waals surface area contributed by atoms with Crippen molar-refractivity contribution in [2.24, 2.45) is 5.92 Å². The summed E-state index contributed by atoms with van der Waals surface area (Å²) in [4.78, 5) is 41.5. The van der Waals surface area contributed by atoms with Gasteiger partial charge in [0.25, 0.3) is 5.91 Å². The second-order valence-corrected chi connectivity index (χ2v) is 8.55. The smallest absolute Gasteiger partial charge is 0.254 e. The summed E-state index contributed by atoms with van der Waals surface area (Å²) >= 11 is 0. The lowest BCUT2D eigenvalue weighted by molar-refractivity contribution is -0.129. The standard InChI is InChI=1S/C25H29N3O3/c1-18-7-5-6-10-22(18)25(31)27-13-11-21(12-14-27)26-24(30)20-15-23(29)28(17-20)16-19-8-3-2-4-9-19/h2-10,20-21H,11-17H2,1H3,(H,26,30). The van der Waals surface area contributed by atoms with Crippen LogP contribution >= 0.6 is 0 Å². The predicted octanol–water partition coefficient (Wildman–Crippen LogP) is 2.76. The molecule has 0 bridgehead atoms. The van der Waals surface area contributed by atoms with Gasteiger partial charge in [-0.2, -0.15) is 0 Å². The van der Waals surface area contributed by atoms with Crippen molar-refractivity contribution in [3.05, 3.63) is 71.3 Å². The number of amides is 3. The van der Waals surface area contributed by atoms with Gasteiger partial charge in [0.2, 0.25) is 11.8 Å². The number of nitrogens with zero attached hydrogens (tertiary/aromatic N) is 2. The molecule has 2 aromatic rings. The molecule has 1 N–H and O–H groups in total. The lowest BCUT2D eigenvalue weighted by Crippen LogP contribution is -2.48. The van der Waals surface area contributed by atoms with Crippen molar-refractivity contribution in [1.29, 1.82) is 0 Å². The van der Waals surface area contributed by atoms with Gasteiger partial charge in [0.05, 0.1) is 5.92 Å². The van der Waals surface area contributed by atoms with E-state index in [1.54, 1.807) is 4.90 Å². The summed E-state index contributed by atoms with van der Waals surface area (Å²) in [6.45, 7) is 4.21. The molecule has 6 heteroatoms. The fourth-order valence-electron chi connectivity index (χ4n) is 4.43. The molecular weight excluding hydrogens is 390 g/mol. The third-order valence-electron chi connectivity index (χ3n) is 6.31. The molecule has 0 spiro atoms. The maximum absolute atomic E-state index is 12.8. The van der Waals surface area contributed by atoms with Crippen LogP contribution in [-0.4, -0.2) is 53.2 Å².